The van der Waals surface area contributed by atoms with Gasteiger partial charge in [-0.05, 0) is 42.8 Å². The van der Waals surface area contributed by atoms with Crippen LogP contribution < -0.4 is 5.56 Å². The van der Waals surface area contributed by atoms with Crippen LogP contribution in [0.5, 0.6) is 0 Å². The van der Waals surface area contributed by atoms with Gasteiger partial charge in [-0.15, -0.1) is 5.10 Å². The number of aromatic nitrogens is 8. The number of rotatable bonds is 7. The number of tetrazole rings is 1. The van der Waals surface area contributed by atoms with Crippen LogP contribution in [-0.4, -0.2) is 44.9 Å². The normalized spacial score (nSPS) is 11.3. The van der Waals surface area contributed by atoms with E-state index >= 15 is 0 Å². The number of benzene rings is 1. The van der Waals surface area contributed by atoms with Gasteiger partial charge in [-0.25, -0.2) is 9.67 Å². The Morgan fingerprint density at radius 3 is 2.66 bits per heavy atom. The van der Waals surface area contributed by atoms with Crippen LogP contribution in [0.3, 0.4) is 0 Å². The lowest BCUT2D eigenvalue weighted by atomic mass is 10.3. The Hall–Kier alpha value is -3.14. The average Bonchev–Trinajstić information content (AvgIpc) is 3.40. The molecule has 10 heteroatoms. The van der Waals surface area contributed by atoms with Crippen molar-refractivity contribution in [2.45, 2.75) is 32.0 Å². The van der Waals surface area contributed by atoms with E-state index in [0.29, 0.717) is 10.8 Å². The summed E-state index contributed by atoms with van der Waals surface area (Å²) in [5, 5.41) is 12.6. The van der Waals surface area contributed by atoms with E-state index in [4.69, 9.17) is 0 Å². The van der Waals surface area contributed by atoms with Crippen molar-refractivity contribution in [3.63, 3.8) is 0 Å². The van der Waals surface area contributed by atoms with Crippen molar-refractivity contribution < 1.29 is 0 Å². The zero-order valence-corrected chi connectivity index (χ0v) is 17.4. The van der Waals surface area contributed by atoms with Crippen molar-refractivity contribution >= 4 is 11.8 Å². The molecule has 4 aromatic rings. The summed E-state index contributed by atoms with van der Waals surface area (Å²) in [5.41, 5.74) is 1.91. The Kier molecular flexibility index (Phi) is 5.34. The molecule has 0 amide bonds. The lowest BCUT2D eigenvalue weighted by Crippen LogP contribution is -2.22. The van der Waals surface area contributed by atoms with Gasteiger partial charge in [-0.2, -0.15) is 4.68 Å². The summed E-state index contributed by atoms with van der Waals surface area (Å²) in [7, 11) is 1.86. The van der Waals surface area contributed by atoms with Gasteiger partial charge in [0.05, 0.1) is 11.4 Å². The highest BCUT2D eigenvalue weighted by Gasteiger charge is 2.21. The number of thioether (sulfide) groups is 1. The second kappa shape index (κ2) is 8.08. The third-order valence-corrected chi connectivity index (χ3v) is 5.88. The Morgan fingerprint density at radius 2 is 1.93 bits per heavy atom. The number of hydrogen-bond donors (Lipinski definition) is 0. The molecule has 3 aromatic heterocycles. The topological polar surface area (TPSA) is 88.3 Å². The highest BCUT2D eigenvalue weighted by atomic mass is 32.2. The minimum Gasteiger partial charge on any atom is -0.335 e. The van der Waals surface area contributed by atoms with Gasteiger partial charge in [-0.1, -0.05) is 30.0 Å². The monoisotopic (exact) mass is 410 g/mol. The van der Waals surface area contributed by atoms with Gasteiger partial charge in [0, 0.05) is 31.7 Å². The van der Waals surface area contributed by atoms with Gasteiger partial charge < -0.3 is 4.57 Å². The minimum atomic E-state index is -0.153. The minimum absolute atomic E-state index is 0.153. The van der Waals surface area contributed by atoms with Crippen LogP contribution in [0.15, 0.2) is 52.7 Å². The first-order chi connectivity index (χ1) is 14.1. The zero-order valence-electron chi connectivity index (χ0n) is 16.6. The van der Waals surface area contributed by atoms with E-state index in [1.54, 1.807) is 27.3 Å². The molecule has 3 heterocycles. The summed E-state index contributed by atoms with van der Waals surface area (Å²) in [6.45, 7) is 4.77. The maximum Gasteiger partial charge on any atom is 0.297 e. The molecule has 0 aliphatic rings. The Balaban J connectivity index is 1.57. The predicted molar refractivity (Wildman–Crippen MR) is 111 cm³/mol. The predicted octanol–water partition coefficient (Wildman–Crippen LogP) is 2.15. The van der Waals surface area contributed by atoms with Crippen LogP contribution in [0.1, 0.15) is 17.9 Å². The second-order valence-corrected chi connectivity index (χ2v) is 7.72. The average molecular weight is 411 g/mol. The third kappa shape index (κ3) is 3.63. The molecule has 0 fully saturated rings. The van der Waals surface area contributed by atoms with E-state index in [0.717, 1.165) is 35.9 Å². The maximum atomic E-state index is 13.2. The Morgan fingerprint density at radius 1 is 1.14 bits per heavy atom. The summed E-state index contributed by atoms with van der Waals surface area (Å²) < 4.78 is 7.11. The van der Waals surface area contributed by atoms with Gasteiger partial charge in [0.25, 0.3) is 5.56 Å². The van der Waals surface area contributed by atoms with Crippen LogP contribution in [-0.2, 0) is 13.6 Å². The summed E-state index contributed by atoms with van der Waals surface area (Å²) in [6, 6.07) is 9.54. The van der Waals surface area contributed by atoms with E-state index in [1.165, 1.54) is 0 Å². The highest BCUT2D eigenvalue weighted by Crippen LogP contribution is 2.20. The summed E-state index contributed by atoms with van der Waals surface area (Å²) in [5.74, 6) is 1.83. The maximum absolute atomic E-state index is 13.2. The van der Waals surface area contributed by atoms with Gasteiger partial charge >= 0.3 is 0 Å². The molecule has 0 saturated carbocycles. The van der Waals surface area contributed by atoms with Crippen LogP contribution in [0.2, 0.25) is 0 Å². The van der Waals surface area contributed by atoms with E-state index < -0.39 is 0 Å². The molecule has 0 aliphatic heterocycles. The molecule has 150 valence electrons. The molecular weight excluding hydrogens is 388 g/mol. The highest BCUT2D eigenvalue weighted by molar-refractivity contribution is 7.99. The van der Waals surface area contributed by atoms with Crippen LogP contribution in [0, 0.1) is 13.8 Å². The number of aryl methyl sites for hydroxylation is 2. The first-order valence-corrected chi connectivity index (χ1v) is 10.3. The largest absolute Gasteiger partial charge is 0.335 e. The molecule has 0 spiro atoms. The molecule has 0 aliphatic carbocycles. The Bertz CT molecular complexity index is 1170. The first kappa shape index (κ1) is 19.2. The SMILES string of the molecule is Cc1nccn1CCCSc1nnnn1-c1c(C)n(C)n(-c2ccccc2)c1=O. The number of nitrogens with zero attached hydrogens (tertiary/aromatic N) is 8. The standard InChI is InChI=1S/C19H22N8OS/c1-14-17(18(28)27(24(14)3)16-8-5-4-6-9-16)26-19(21-22-23-26)29-13-7-11-25-12-10-20-15(25)2/h4-6,8-10,12H,7,11,13H2,1-3H3. The van der Waals surface area contributed by atoms with Crippen LogP contribution in [0.25, 0.3) is 11.4 Å². The molecule has 0 atom stereocenters. The van der Waals surface area contributed by atoms with Crippen molar-refractivity contribution in [1.82, 2.24) is 39.1 Å². The fourth-order valence-corrected chi connectivity index (χ4v) is 4.05. The number of imidazole rings is 1. The molecule has 4 rings (SSSR count). The molecule has 9 nitrogen and oxygen atoms in total. The van der Waals surface area contributed by atoms with Crippen LogP contribution in [0.4, 0.5) is 0 Å². The van der Waals surface area contributed by atoms with Gasteiger partial charge in [0.15, 0.2) is 5.69 Å². The van der Waals surface area contributed by atoms with Crippen molar-refractivity contribution in [3.05, 3.63) is 64.6 Å². The lowest BCUT2D eigenvalue weighted by molar-refractivity contribution is 0.630. The van der Waals surface area contributed by atoms with Crippen molar-refractivity contribution in [3.8, 4) is 11.4 Å². The summed E-state index contributed by atoms with van der Waals surface area (Å²) in [6.07, 6.45) is 4.72. The van der Waals surface area contributed by atoms with Crippen LogP contribution >= 0.6 is 11.8 Å². The van der Waals surface area contributed by atoms with Crippen molar-refractivity contribution in [2.24, 2.45) is 7.05 Å². The van der Waals surface area contributed by atoms with E-state index in [9.17, 15) is 4.79 Å². The number of para-hydroxylation sites is 1. The molecule has 0 bridgehead atoms. The Labute approximate surface area is 172 Å². The second-order valence-electron chi connectivity index (χ2n) is 6.65. The number of hydrogen-bond acceptors (Lipinski definition) is 6. The molecule has 0 radical (unpaired) electrons. The molecule has 29 heavy (non-hydrogen) atoms. The van der Waals surface area contributed by atoms with E-state index in [2.05, 4.69) is 25.1 Å². The van der Waals surface area contributed by atoms with Gasteiger partial charge in [0.2, 0.25) is 5.16 Å². The summed E-state index contributed by atoms with van der Waals surface area (Å²) >= 11 is 1.54. The van der Waals surface area contributed by atoms with Crippen molar-refractivity contribution in [2.75, 3.05) is 5.75 Å². The fourth-order valence-electron chi connectivity index (χ4n) is 3.25. The van der Waals surface area contributed by atoms with E-state index in [-0.39, 0.29) is 5.56 Å². The van der Waals surface area contributed by atoms with Crippen molar-refractivity contribution in [1.29, 1.82) is 0 Å². The fraction of sp³-hybridized carbons (Fsp3) is 0.316. The zero-order chi connectivity index (χ0) is 20.4. The van der Waals surface area contributed by atoms with Gasteiger partial charge in [-0.3, -0.25) is 9.48 Å². The smallest absolute Gasteiger partial charge is 0.297 e. The van der Waals surface area contributed by atoms with E-state index in [1.807, 2.05) is 62.1 Å². The lowest BCUT2D eigenvalue weighted by Gasteiger charge is -2.07. The first-order valence-electron chi connectivity index (χ1n) is 9.31. The van der Waals surface area contributed by atoms with Gasteiger partial charge in [0.1, 0.15) is 5.82 Å². The quantitative estimate of drug-likeness (QED) is 0.343. The molecule has 0 saturated heterocycles. The summed E-state index contributed by atoms with van der Waals surface area (Å²) in [4.78, 5) is 17.4. The molecule has 1 aromatic carbocycles. The molecular formula is C19H22N8OS. The molecule has 0 unspecified atom stereocenters. The molecule has 0 N–H and O–H groups in total. The third-order valence-electron chi connectivity index (χ3n) is 4.87.